The van der Waals surface area contributed by atoms with E-state index in [-0.39, 0.29) is 18.4 Å². The van der Waals surface area contributed by atoms with Crippen molar-refractivity contribution < 1.29 is 5.11 Å². The Balaban J connectivity index is 0. The number of aliphatic hydroxyl groups excluding tert-OH is 1. The Morgan fingerprint density at radius 2 is 2.12 bits per heavy atom. The summed E-state index contributed by atoms with van der Waals surface area (Å²) < 4.78 is 0. The van der Waals surface area contributed by atoms with Crippen LogP contribution in [0.5, 0.6) is 0 Å². The van der Waals surface area contributed by atoms with Crippen LogP contribution in [0.4, 0.5) is 0 Å². The van der Waals surface area contributed by atoms with Crippen LogP contribution in [0.3, 0.4) is 0 Å². The standard InChI is InChI=1S/C5H11NO.ClH/c1-3-5(6)4(2)7;/h3-5,7H,1,6H2,2H3;1H/t4-,5+;/m0./s1. The Bertz CT molecular complexity index is 65.4. The lowest BCUT2D eigenvalue weighted by Gasteiger charge is -2.06. The van der Waals surface area contributed by atoms with Gasteiger partial charge in [-0.05, 0) is 6.92 Å². The second-order valence-corrected chi connectivity index (χ2v) is 1.55. The largest absolute Gasteiger partial charge is 0.391 e. The highest BCUT2D eigenvalue weighted by molar-refractivity contribution is 5.85. The molecule has 0 spiro atoms. The zero-order valence-corrected chi connectivity index (χ0v) is 5.69. The van der Waals surface area contributed by atoms with Gasteiger partial charge in [-0.2, -0.15) is 0 Å². The predicted octanol–water partition coefficient (Wildman–Crippen LogP) is 0.302. The molecule has 0 aliphatic heterocycles. The van der Waals surface area contributed by atoms with Gasteiger partial charge in [0, 0.05) is 6.04 Å². The van der Waals surface area contributed by atoms with E-state index >= 15 is 0 Å². The molecule has 0 bridgehead atoms. The first-order valence-electron chi connectivity index (χ1n) is 2.24. The van der Waals surface area contributed by atoms with Crippen LogP contribution in [0.25, 0.3) is 0 Å². The van der Waals surface area contributed by atoms with Crippen molar-refractivity contribution in [1.29, 1.82) is 0 Å². The zero-order valence-electron chi connectivity index (χ0n) is 4.87. The van der Waals surface area contributed by atoms with E-state index in [1.54, 1.807) is 6.92 Å². The average Bonchev–Trinajstić information content (AvgIpc) is 1.65. The molecule has 2 nitrogen and oxygen atoms in total. The van der Waals surface area contributed by atoms with Crippen molar-refractivity contribution in [2.24, 2.45) is 5.73 Å². The molecule has 0 fully saturated rings. The summed E-state index contributed by atoms with van der Waals surface area (Å²) in [7, 11) is 0. The van der Waals surface area contributed by atoms with Crippen LogP contribution in [-0.4, -0.2) is 17.3 Å². The van der Waals surface area contributed by atoms with E-state index < -0.39 is 6.10 Å². The van der Waals surface area contributed by atoms with Gasteiger partial charge in [0.05, 0.1) is 6.10 Å². The molecule has 0 radical (unpaired) electrons. The minimum atomic E-state index is -0.475. The summed E-state index contributed by atoms with van der Waals surface area (Å²) in [6.07, 6.45) is 1.04. The first kappa shape index (κ1) is 10.8. The van der Waals surface area contributed by atoms with Gasteiger partial charge >= 0.3 is 0 Å². The summed E-state index contributed by atoms with van der Waals surface area (Å²) in [5, 5.41) is 8.62. The van der Waals surface area contributed by atoms with Gasteiger partial charge in [0.25, 0.3) is 0 Å². The molecule has 0 saturated heterocycles. The van der Waals surface area contributed by atoms with Gasteiger partial charge in [-0.25, -0.2) is 0 Å². The van der Waals surface area contributed by atoms with Gasteiger partial charge in [0.1, 0.15) is 0 Å². The SMILES string of the molecule is C=C[C@@H](N)[C@H](C)O.Cl. The minimum absolute atomic E-state index is 0. The Kier molecular flexibility index (Phi) is 6.91. The van der Waals surface area contributed by atoms with E-state index in [0.717, 1.165) is 0 Å². The van der Waals surface area contributed by atoms with Gasteiger partial charge in [-0.1, -0.05) is 6.08 Å². The summed E-state index contributed by atoms with van der Waals surface area (Å²) in [5.41, 5.74) is 5.25. The number of halogens is 1. The second-order valence-electron chi connectivity index (χ2n) is 1.55. The quantitative estimate of drug-likeness (QED) is 0.538. The van der Waals surface area contributed by atoms with Crippen molar-refractivity contribution in [2.45, 2.75) is 19.1 Å². The highest BCUT2D eigenvalue weighted by atomic mass is 35.5. The third kappa shape index (κ3) is 4.12. The molecule has 0 aliphatic carbocycles. The van der Waals surface area contributed by atoms with Gasteiger partial charge in [0.15, 0.2) is 0 Å². The molecule has 8 heavy (non-hydrogen) atoms. The first-order valence-corrected chi connectivity index (χ1v) is 2.24. The van der Waals surface area contributed by atoms with Crippen molar-refractivity contribution in [1.82, 2.24) is 0 Å². The lowest BCUT2D eigenvalue weighted by atomic mass is 10.2. The van der Waals surface area contributed by atoms with E-state index in [2.05, 4.69) is 6.58 Å². The van der Waals surface area contributed by atoms with Crippen molar-refractivity contribution in [3.05, 3.63) is 12.7 Å². The third-order valence-electron chi connectivity index (χ3n) is 0.829. The zero-order chi connectivity index (χ0) is 5.86. The normalized spacial score (nSPS) is 15.9. The van der Waals surface area contributed by atoms with E-state index in [1.165, 1.54) is 6.08 Å². The Morgan fingerprint density at radius 3 is 2.12 bits per heavy atom. The van der Waals surface area contributed by atoms with Crippen LogP contribution in [0.15, 0.2) is 12.7 Å². The maximum Gasteiger partial charge on any atom is 0.0698 e. The summed E-state index contributed by atoms with van der Waals surface area (Å²) >= 11 is 0. The van der Waals surface area contributed by atoms with Crippen molar-refractivity contribution in [3.8, 4) is 0 Å². The van der Waals surface area contributed by atoms with Gasteiger partial charge < -0.3 is 10.8 Å². The van der Waals surface area contributed by atoms with Crippen LogP contribution in [0.1, 0.15) is 6.92 Å². The summed E-state index contributed by atoms with van der Waals surface area (Å²) in [6.45, 7) is 5.03. The molecule has 3 heteroatoms. The highest BCUT2D eigenvalue weighted by Gasteiger charge is 2.00. The van der Waals surface area contributed by atoms with E-state index in [1.807, 2.05) is 0 Å². The van der Waals surface area contributed by atoms with Gasteiger partial charge in [-0.3, -0.25) is 0 Å². The van der Waals surface area contributed by atoms with Gasteiger partial charge in [-0.15, -0.1) is 19.0 Å². The molecule has 0 amide bonds. The molecular weight excluding hydrogens is 126 g/mol. The van der Waals surface area contributed by atoms with Crippen molar-refractivity contribution in [3.63, 3.8) is 0 Å². The minimum Gasteiger partial charge on any atom is -0.391 e. The smallest absolute Gasteiger partial charge is 0.0698 e. The van der Waals surface area contributed by atoms with E-state index in [0.29, 0.717) is 0 Å². The molecule has 0 aromatic heterocycles. The van der Waals surface area contributed by atoms with Crippen LogP contribution < -0.4 is 5.73 Å². The van der Waals surface area contributed by atoms with E-state index in [4.69, 9.17) is 10.8 Å². The molecule has 0 aromatic carbocycles. The lowest BCUT2D eigenvalue weighted by molar-refractivity contribution is 0.180. The maximum absolute atomic E-state index is 8.62. The van der Waals surface area contributed by atoms with Crippen molar-refractivity contribution in [2.75, 3.05) is 0 Å². The fraction of sp³-hybridized carbons (Fsp3) is 0.600. The van der Waals surface area contributed by atoms with Crippen molar-refractivity contribution >= 4 is 12.4 Å². The molecule has 0 heterocycles. The molecule has 0 rings (SSSR count). The third-order valence-corrected chi connectivity index (χ3v) is 0.829. The lowest BCUT2D eigenvalue weighted by Crippen LogP contribution is -2.29. The fourth-order valence-corrected chi connectivity index (χ4v) is 0.197. The van der Waals surface area contributed by atoms with Crippen LogP contribution >= 0.6 is 12.4 Å². The van der Waals surface area contributed by atoms with E-state index in [9.17, 15) is 0 Å². The average molecular weight is 138 g/mol. The highest BCUT2D eigenvalue weighted by Crippen LogP contribution is 1.85. The molecule has 0 aliphatic rings. The summed E-state index contributed by atoms with van der Waals surface area (Å²) in [5.74, 6) is 0. The number of nitrogens with two attached hydrogens (primary N) is 1. The topological polar surface area (TPSA) is 46.2 Å². The number of hydrogen-bond acceptors (Lipinski definition) is 2. The number of aliphatic hydroxyl groups is 1. The van der Waals surface area contributed by atoms with Gasteiger partial charge in [0.2, 0.25) is 0 Å². The number of rotatable bonds is 2. The second kappa shape index (κ2) is 5.09. The molecule has 3 N–H and O–H groups in total. The molecule has 0 saturated carbocycles. The summed E-state index contributed by atoms with van der Waals surface area (Å²) in [4.78, 5) is 0. The van der Waals surface area contributed by atoms with Crippen LogP contribution in [0, 0.1) is 0 Å². The molecule has 0 unspecified atom stereocenters. The Labute approximate surface area is 55.8 Å². The number of hydrogen-bond donors (Lipinski definition) is 2. The monoisotopic (exact) mass is 137 g/mol. The molecule has 50 valence electrons. The molecule has 2 atom stereocenters. The maximum atomic E-state index is 8.62. The molecular formula is C5H12ClNO. The fourth-order valence-electron chi connectivity index (χ4n) is 0.197. The Morgan fingerprint density at radius 1 is 1.75 bits per heavy atom. The summed E-state index contributed by atoms with van der Waals surface area (Å²) in [6, 6.07) is -0.278. The van der Waals surface area contributed by atoms with Crippen LogP contribution in [0.2, 0.25) is 0 Å². The Hall–Kier alpha value is -0.0500. The first-order chi connectivity index (χ1) is 3.18. The molecule has 0 aromatic rings. The predicted molar refractivity (Wildman–Crippen MR) is 37.1 cm³/mol. The van der Waals surface area contributed by atoms with Crippen LogP contribution in [-0.2, 0) is 0 Å².